The van der Waals surface area contributed by atoms with Gasteiger partial charge in [0, 0.05) is 9.86 Å². The Morgan fingerprint density at radius 1 is 1.13 bits per heavy atom. The molecule has 114 valence electrons. The van der Waals surface area contributed by atoms with Gasteiger partial charge >= 0.3 is 11.3 Å². The minimum atomic E-state index is -0.556. The molecule has 5 nitrogen and oxygen atoms in total. The van der Waals surface area contributed by atoms with Gasteiger partial charge in [-0.25, -0.2) is 9.59 Å². The highest BCUT2D eigenvalue weighted by atomic mass is 79.9. The average Bonchev–Trinajstić information content (AvgIpc) is 2.87. The van der Waals surface area contributed by atoms with Gasteiger partial charge in [-0.05, 0) is 36.8 Å². The fourth-order valence-corrected chi connectivity index (χ4v) is 3.17. The van der Waals surface area contributed by atoms with Crippen LogP contribution in [0.3, 0.4) is 0 Å². The second kappa shape index (κ2) is 4.96. The van der Waals surface area contributed by atoms with Crippen LogP contribution < -0.4 is 11.3 Å². The van der Waals surface area contributed by atoms with E-state index in [-0.39, 0.29) is 11.2 Å². The summed E-state index contributed by atoms with van der Waals surface area (Å²) in [6, 6.07) is 12.9. The number of nitrogens with zero attached hydrogens (tertiary/aromatic N) is 1. The van der Waals surface area contributed by atoms with Crippen molar-refractivity contribution >= 4 is 37.9 Å². The normalized spacial score (nSPS) is 11.4. The first-order chi connectivity index (χ1) is 11.1. The molecule has 2 heterocycles. The highest BCUT2D eigenvalue weighted by Crippen LogP contribution is 2.27. The van der Waals surface area contributed by atoms with Gasteiger partial charge in [0.05, 0.1) is 11.2 Å². The van der Waals surface area contributed by atoms with Crippen molar-refractivity contribution in [3.63, 3.8) is 0 Å². The Morgan fingerprint density at radius 2 is 1.91 bits per heavy atom. The number of nitrogens with one attached hydrogen (secondary N) is 1. The van der Waals surface area contributed by atoms with Gasteiger partial charge in [0.1, 0.15) is 5.58 Å². The summed E-state index contributed by atoms with van der Waals surface area (Å²) in [4.78, 5) is 27.3. The van der Waals surface area contributed by atoms with Gasteiger partial charge in [-0.2, -0.15) is 0 Å². The van der Waals surface area contributed by atoms with Crippen LogP contribution >= 0.6 is 15.9 Å². The number of rotatable bonds is 1. The number of hydrogen-bond acceptors (Lipinski definition) is 3. The molecule has 2 aromatic carbocycles. The molecule has 4 rings (SSSR count). The van der Waals surface area contributed by atoms with Gasteiger partial charge in [0.25, 0.3) is 0 Å². The lowest BCUT2D eigenvalue weighted by Crippen LogP contribution is -2.15. The molecule has 0 fully saturated rings. The van der Waals surface area contributed by atoms with Crippen molar-refractivity contribution in [1.82, 2.24) is 9.55 Å². The summed E-state index contributed by atoms with van der Waals surface area (Å²) < 4.78 is 7.67. The summed E-state index contributed by atoms with van der Waals surface area (Å²) in [7, 11) is 0. The van der Waals surface area contributed by atoms with Crippen LogP contribution in [-0.2, 0) is 0 Å². The van der Waals surface area contributed by atoms with Crippen LogP contribution in [0.4, 0.5) is 0 Å². The molecule has 0 atom stereocenters. The SMILES string of the molecule is Cc1ccccc1-n1c(=O)[nH]c2c(=O)oc3ccc(Br)cc3c21. The Labute approximate surface area is 138 Å². The van der Waals surface area contributed by atoms with Crippen LogP contribution in [0.5, 0.6) is 0 Å². The standard InChI is InChI=1S/C17H11BrN2O3/c1-9-4-2-3-5-12(9)20-15-11-8-10(18)6-7-13(11)23-16(21)14(15)19-17(20)22/h2-8H,1H3,(H,19,22). The quantitative estimate of drug-likeness (QED) is 0.521. The number of aromatic amines is 1. The molecule has 4 aromatic rings. The van der Waals surface area contributed by atoms with E-state index in [1.165, 1.54) is 4.57 Å². The van der Waals surface area contributed by atoms with E-state index in [9.17, 15) is 9.59 Å². The Kier molecular flexibility index (Phi) is 3.02. The molecule has 0 saturated heterocycles. The zero-order valence-electron chi connectivity index (χ0n) is 12.1. The first kappa shape index (κ1) is 14.0. The third-order valence-electron chi connectivity index (χ3n) is 3.86. The van der Waals surface area contributed by atoms with Crippen molar-refractivity contribution in [2.45, 2.75) is 6.92 Å². The van der Waals surface area contributed by atoms with Crippen molar-refractivity contribution in [2.24, 2.45) is 0 Å². The smallest absolute Gasteiger partial charge is 0.362 e. The van der Waals surface area contributed by atoms with E-state index < -0.39 is 5.63 Å². The average molecular weight is 371 g/mol. The Hall–Kier alpha value is -2.60. The third kappa shape index (κ3) is 2.06. The second-order valence-electron chi connectivity index (χ2n) is 5.31. The predicted molar refractivity (Wildman–Crippen MR) is 92.4 cm³/mol. The van der Waals surface area contributed by atoms with E-state index >= 15 is 0 Å². The van der Waals surface area contributed by atoms with Gasteiger partial charge in [0.2, 0.25) is 0 Å². The summed E-state index contributed by atoms with van der Waals surface area (Å²) >= 11 is 3.42. The van der Waals surface area contributed by atoms with Crippen molar-refractivity contribution in [3.05, 3.63) is 73.4 Å². The molecule has 2 aromatic heterocycles. The van der Waals surface area contributed by atoms with Crippen molar-refractivity contribution in [2.75, 3.05) is 0 Å². The van der Waals surface area contributed by atoms with E-state index in [4.69, 9.17) is 4.42 Å². The monoisotopic (exact) mass is 370 g/mol. The maximum Gasteiger partial charge on any atom is 0.362 e. The lowest BCUT2D eigenvalue weighted by molar-refractivity contribution is 0.568. The molecule has 23 heavy (non-hydrogen) atoms. The number of aromatic nitrogens is 2. The van der Waals surface area contributed by atoms with E-state index in [1.54, 1.807) is 12.1 Å². The summed E-state index contributed by atoms with van der Waals surface area (Å²) in [6.45, 7) is 1.92. The van der Waals surface area contributed by atoms with Crippen molar-refractivity contribution in [3.8, 4) is 5.69 Å². The molecular weight excluding hydrogens is 360 g/mol. The first-order valence-electron chi connectivity index (χ1n) is 6.99. The minimum absolute atomic E-state index is 0.170. The summed E-state index contributed by atoms with van der Waals surface area (Å²) in [6.07, 6.45) is 0. The molecule has 0 bridgehead atoms. The van der Waals surface area contributed by atoms with Crippen molar-refractivity contribution in [1.29, 1.82) is 0 Å². The second-order valence-corrected chi connectivity index (χ2v) is 6.22. The molecule has 0 aliphatic rings. The number of benzene rings is 2. The van der Waals surface area contributed by atoms with E-state index in [0.717, 1.165) is 15.7 Å². The van der Waals surface area contributed by atoms with Gasteiger partial charge in [-0.15, -0.1) is 0 Å². The third-order valence-corrected chi connectivity index (χ3v) is 4.35. The fraction of sp³-hybridized carbons (Fsp3) is 0.0588. The topological polar surface area (TPSA) is 68.0 Å². The summed E-state index contributed by atoms with van der Waals surface area (Å²) in [5.74, 6) is 0. The lowest BCUT2D eigenvalue weighted by Gasteiger charge is -2.08. The van der Waals surface area contributed by atoms with Crippen molar-refractivity contribution < 1.29 is 4.42 Å². The van der Waals surface area contributed by atoms with Crippen LogP contribution in [0, 0.1) is 6.92 Å². The van der Waals surface area contributed by atoms with E-state index in [2.05, 4.69) is 20.9 Å². The number of imidazole rings is 1. The molecule has 0 spiro atoms. The molecule has 0 aliphatic heterocycles. The van der Waals surface area contributed by atoms with Gasteiger partial charge < -0.3 is 4.42 Å². The molecule has 0 unspecified atom stereocenters. The molecule has 1 N–H and O–H groups in total. The molecule has 0 amide bonds. The predicted octanol–water partition coefficient (Wildman–Crippen LogP) is 3.50. The maximum atomic E-state index is 12.5. The van der Waals surface area contributed by atoms with Crippen LogP contribution in [0.25, 0.3) is 27.7 Å². The summed E-state index contributed by atoms with van der Waals surface area (Å²) in [5.41, 5.74) is 1.88. The summed E-state index contributed by atoms with van der Waals surface area (Å²) in [5, 5.41) is 0.690. The molecule has 0 radical (unpaired) electrons. The number of para-hydroxylation sites is 1. The largest absolute Gasteiger partial charge is 0.421 e. The number of fused-ring (bicyclic) bond motifs is 3. The zero-order chi connectivity index (χ0) is 16.1. The van der Waals surface area contributed by atoms with E-state index in [1.807, 2.05) is 37.3 Å². The van der Waals surface area contributed by atoms with Gasteiger partial charge in [0.15, 0.2) is 5.52 Å². The molecular formula is C17H11BrN2O3. The Bertz CT molecular complexity index is 1180. The fourth-order valence-electron chi connectivity index (χ4n) is 2.81. The maximum absolute atomic E-state index is 12.5. The van der Waals surface area contributed by atoms with E-state index in [0.29, 0.717) is 16.5 Å². The van der Waals surface area contributed by atoms with Crippen LogP contribution in [-0.4, -0.2) is 9.55 Å². The first-order valence-corrected chi connectivity index (χ1v) is 7.78. The number of aryl methyl sites for hydroxylation is 1. The zero-order valence-corrected chi connectivity index (χ0v) is 13.7. The molecule has 0 aliphatic carbocycles. The Morgan fingerprint density at radius 3 is 2.70 bits per heavy atom. The molecule has 6 heteroatoms. The number of halogens is 1. The lowest BCUT2D eigenvalue weighted by atomic mass is 10.1. The Balaban J connectivity index is 2.30. The minimum Gasteiger partial charge on any atom is -0.421 e. The number of hydrogen-bond donors (Lipinski definition) is 1. The molecule has 0 saturated carbocycles. The van der Waals surface area contributed by atoms with Gasteiger partial charge in [-0.3, -0.25) is 9.55 Å². The van der Waals surface area contributed by atoms with Crippen LogP contribution in [0.2, 0.25) is 0 Å². The number of H-pyrrole nitrogens is 1. The van der Waals surface area contributed by atoms with Crippen LogP contribution in [0.1, 0.15) is 5.56 Å². The van der Waals surface area contributed by atoms with Gasteiger partial charge in [-0.1, -0.05) is 34.1 Å². The van der Waals surface area contributed by atoms with Crippen LogP contribution in [0.15, 0.2) is 60.9 Å². The highest BCUT2D eigenvalue weighted by Gasteiger charge is 2.17. The highest BCUT2D eigenvalue weighted by molar-refractivity contribution is 9.10.